The molecule has 0 aliphatic carbocycles. The van der Waals surface area contributed by atoms with Gasteiger partial charge in [0, 0.05) is 13.0 Å². The summed E-state index contributed by atoms with van der Waals surface area (Å²) in [4.78, 5) is 12.0. The minimum absolute atomic E-state index is 0.0609. The Labute approximate surface area is 126 Å². The molecule has 4 heteroatoms. The van der Waals surface area contributed by atoms with E-state index < -0.39 is 5.60 Å². The molecule has 0 bridgehead atoms. The van der Waals surface area contributed by atoms with Crippen LogP contribution < -0.4 is 5.32 Å². The second kappa shape index (κ2) is 7.55. The molecule has 3 atom stereocenters. The SMILES string of the molecule is CCC(C)C(C)(O)CNC(=O)CC(C)c1cccc(F)c1. The Kier molecular flexibility index (Phi) is 6.34. The molecule has 1 amide bonds. The summed E-state index contributed by atoms with van der Waals surface area (Å²) in [7, 11) is 0. The molecule has 0 radical (unpaired) electrons. The highest BCUT2D eigenvalue weighted by Gasteiger charge is 2.27. The van der Waals surface area contributed by atoms with E-state index in [9.17, 15) is 14.3 Å². The van der Waals surface area contributed by atoms with E-state index in [2.05, 4.69) is 5.32 Å². The average molecular weight is 295 g/mol. The lowest BCUT2D eigenvalue weighted by Gasteiger charge is -2.30. The lowest BCUT2D eigenvalue weighted by Crippen LogP contribution is -2.45. The molecule has 0 fully saturated rings. The molecule has 0 aliphatic heterocycles. The van der Waals surface area contributed by atoms with Gasteiger partial charge in [-0.05, 0) is 36.5 Å². The summed E-state index contributed by atoms with van der Waals surface area (Å²) in [5.41, 5.74) is -0.106. The Morgan fingerprint density at radius 3 is 2.67 bits per heavy atom. The minimum Gasteiger partial charge on any atom is -0.388 e. The molecule has 2 N–H and O–H groups in total. The Morgan fingerprint density at radius 2 is 2.10 bits per heavy atom. The molecule has 1 aromatic rings. The molecule has 1 rings (SSSR count). The Hall–Kier alpha value is -1.42. The highest BCUT2D eigenvalue weighted by Crippen LogP contribution is 2.21. The Balaban J connectivity index is 2.50. The van der Waals surface area contributed by atoms with Gasteiger partial charge in [-0.15, -0.1) is 0 Å². The molecule has 0 saturated carbocycles. The van der Waals surface area contributed by atoms with Crippen molar-refractivity contribution in [1.29, 1.82) is 0 Å². The number of benzene rings is 1. The summed E-state index contributed by atoms with van der Waals surface area (Å²) in [5, 5.41) is 13.0. The van der Waals surface area contributed by atoms with E-state index >= 15 is 0 Å². The highest BCUT2D eigenvalue weighted by atomic mass is 19.1. The maximum atomic E-state index is 13.2. The fourth-order valence-corrected chi connectivity index (χ4v) is 2.17. The molecule has 3 nitrogen and oxygen atoms in total. The summed E-state index contributed by atoms with van der Waals surface area (Å²) in [6, 6.07) is 6.30. The summed E-state index contributed by atoms with van der Waals surface area (Å²) in [6.07, 6.45) is 1.13. The summed E-state index contributed by atoms with van der Waals surface area (Å²) in [6.45, 7) is 7.82. The fourth-order valence-electron chi connectivity index (χ4n) is 2.17. The standard InChI is InChI=1S/C17H26FNO2/c1-5-13(3)17(4,21)11-19-16(20)9-12(2)14-7-6-8-15(18)10-14/h6-8,10,12-13,21H,5,9,11H2,1-4H3,(H,19,20). The van der Waals surface area contributed by atoms with Crippen LogP contribution in [-0.4, -0.2) is 23.2 Å². The lowest BCUT2D eigenvalue weighted by atomic mass is 9.88. The maximum Gasteiger partial charge on any atom is 0.220 e. The Bertz CT molecular complexity index is 474. The zero-order valence-electron chi connectivity index (χ0n) is 13.3. The quantitative estimate of drug-likeness (QED) is 0.811. The average Bonchev–Trinajstić information content (AvgIpc) is 2.44. The summed E-state index contributed by atoms with van der Waals surface area (Å²) >= 11 is 0. The smallest absolute Gasteiger partial charge is 0.220 e. The van der Waals surface area contributed by atoms with Crippen molar-refractivity contribution < 1.29 is 14.3 Å². The number of amides is 1. The molecule has 0 heterocycles. The first-order valence-electron chi connectivity index (χ1n) is 7.50. The number of hydrogen-bond acceptors (Lipinski definition) is 2. The van der Waals surface area contributed by atoms with Gasteiger partial charge in [-0.25, -0.2) is 4.39 Å². The van der Waals surface area contributed by atoms with Crippen LogP contribution in [-0.2, 0) is 4.79 Å². The second-order valence-electron chi connectivity index (χ2n) is 6.10. The molecule has 0 aliphatic rings. The minimum atomic E-state index is -0.910. The Morgan fingerprint density at radius 1 is 1.43 bits per heavy atom. The zero-order valence-corrected chi connectivity index (χ0v) is 13.3. The van der Waals surface area contributed by atoms with E-state index in [4.69, 9.17) is 0 Å². The number of hydrogen-bond donors (Lipinski definition) is 2. The molecule has 3 unspecified atom stereocenters. The van der Waals surface area contributed by atoms with Crippen molar-refractivity contribution in [3.05, 3.63) is 35.6 Å². The third kappa shape index (κ3) is 5.46. The van der Waals surface area contributed by atoms with Crippen LogP contribution in [0.3, 0.4) is 0 Å². The predicted molar refractivity (Wildman–Crippen MR) is 82.5 cm³/mol. The number of aliphatic hydroxyl groups is 1. The van der Waals surface area contributed by atoms with Crippen molar-refractivity contribution in [2.45, 2.75) is 52.1 Å². The van der Waals surface area contributed by atoms with Gasteiger partial charge in [0.05, 0.1) is 5.60 Å². The van der Waals surface area contributed by atoms with Crippen LogP contribution in [0.15, 0.2) is 24.3 Å². The first kappa shape index (κ1) is 17.6. The van der Waals surface area contributed by atoms with Gasteiger partial charge in [-0.2, -0.15) is 0 Å². The van der Waals surface area contributed by atoms with Crippen LogP contribution in [0.25, 0.3) is 0 Å². The van der Waals surface area contributed by atoms with Gasteiger partial charge in [-0.3, -0.25) is 4.79 Å². The molecule has 1 aromatic carbocycles. The monoisotopic (exact) mass is 295 g/mol. The topological polar surface area (TPSA) is 49.3 Å². The van der Waals surface area contributed by atoms with Crippen LogP contribution in [0, 0.1) is 11.7 Å². The van der Waals surface area contributed by atoms with Gasteiger partial charge in [0.1, 0.15) is 5.82 Å². The highest BCUT2D eigenvalue weighted by molar-refractivity contribution is 5.76. The van der Waals surface area contributed by atoms with Crippen LogP contribution in [0.2, 0.25) is 0 Å². The van der Waals surface area contributed by atoms with Crippen LogP contribution >= 0.6 is 0 Å². The number of carbonyl (C=O) groups is 1. The molecule has 0 spiro atoms. The largest absolute Gasteiger partial charge is 0.388 e. The van der Waals surface area contributed by atoms with E-state index in [0.717, 1.165) is 12.0 Å². The van der Waals surface area contributed by atoms with Crippen LogP contribution in [0.4, 0.5) is 4.39 Å². The number of carbonyl (C=O) groups excluding carboxylic acids is 1. The van der Waals surface area contributed by atoms with Crippen molar-refractivity contribution in [1.82, 2.24) is 5.32 Å². The number of halogens is 1. The lowest BCUT2D eigenvalue weighted by molar-refractivity contribution is -0.123. The zero-order chi connectivity index (χ0) is 16.0. The summed E-state index contributed by atoms with van der Waals surface area (Å²) < 4.78 is 13.2. The van der Waals surface area contributed by atoms with Crippen molar-refractivity contribution in [2.24, 2.45) is 5.92 Å². The molecular weight excluding hydrogens is 269 g/mol. The molecule has 21 heavy (non-hydrogen) atoms. The fraction of sp³-hybridized carbons (Fsp3) is 0.588. The molecule has 0 aromatic heterocycles. The van der Waals surface area contributed by atoms with Crippen molar-refractivity contribution in [3.63, 3.8) is 0 Å². The van der Waals surface area contributed by atoms with Gasteiger partial charge in [0.15, 0.2) is 0 Å². The van der Waals surface area contributed by atoms with Crippen molar-refractivity contribution in [2.75, 3.05) is 6.54 Å². The van der Waals surface area contributed by atoms with E-state index in [0.29, 0.717) is 0 Å². The number of rotatable bonds is 7. The first-order valence-corrected chi connectivity index (χ1v) is 7.50. The maximum absolute atomic E-state index is 13.2. The predicted octanol–water partition coefficient (Wildman–Crippen LogP) is 3.23. The van der Waals surface area contributed by atoms with Gasteiger partial charge in [0.2, 0.25) is 5.91 Å². The van der Waals surface area contributed by atoms with Gasteiger partial charge in [-0.1, -0.05) is 39.3 Å². The van der Waals surface area contributed by atoms with Gasteiger partial charge >= 0.3 is 0 Å². The summed E-state index contributed by atoms with van der Waals surface area (Å²) in [5.74, 6) is -0.373. The molecule has 0 saturated heterocycles. The second-order valence-corrected chi connectivity index (χ2v) is 6.10. The van der Waals surface area contributed by atoms with Crippen LogP contribution in [0.1, 0.15) is 52.0 Å². The van der Waals surface area contributed by atoms with Crippen molar-refractivity contribution >= 4 is 5.91 Å². The van der Waals surface area contributed by atoms with Gasteiger partial charge < -0.3 is 10.4 Å². The molecule has 118 valence electrons. The third-order valence-electron chi connectivity index (χ3n) is 4.23. The molecular formula is C17H26FNO2. The number of nitrogens with one attached hydrogen (secondary N) is 1. The van der Waals surface area contributed by atoms with E-state index in [1.165, 1.54) is 12.1 Å². The van der Waals surface area contributed by atoms with E-state index in [-0.39, 0.29) is 36.5 Å². The first-order chi connectivity index (χ1) is 9.76. The normalized spacial score (nSPS) is 16.9. The van der Waals surface area contributed by atoms with E-state index in [1.54, 1.807) is 13.0 Å². The van der Waals surface area contributed by atoms with E-state index in [1.807, 2.05) is 26.8 Å². The van der Waals surface area contributed by atoms with Gasteiger partial charge in [0.25, 0.3) is 0 Å². The van der Waals surface area contributed by atoms with Crippen molar-refractivity contribution in [3.8, 4) is 0 Å². The van der Waals surface area contributed by atoms with Crippen LogP contribution in [0.5, 0.6) is 0 Å². The third-order valence-corrected chi connectivity index (χ3v) is 4.23.